The lowest BCUT2D eigenvalue weighted by molar-refractivity contribution is 0.430. The number of piperazine rings is 1. The summed E-state index contributed by atoms with van der Waals surface area (Å²) in [6.45, 7) is 2.88. The van der Waals surface area contributed by atoms with Crippen molar-refractivity contribution in [1.29, 1.82) is 0 Å². The van der Waals surface area contributed by atoms with Gasteiger partial charge in [-0.15, -0.1) is 12.4 Å². The van der Waals surface area contributed by atoms with Gasteiger partial charge in [-0.3, -0.25) is 0 Å². The van der Waals surface area contributed by atoms with Crippen molar-refractivity contribution in [3.63, 3.8) is 0 Å². The summed E-state index contributed by atoms with van der Waals surface area (Å²) in [7, 11) is 0. The molecule has 2 N–H and O–H groups in total. The zero-order valence-corrected chi connectivity index (χ0v) is 10.4. The Morgan fingerprint density at radius 2 is 2.00 bits per heavy atom. The largest absolute Gasteiger partial charge is 0.314 e. The molecule has 5 heteroatoms. The topological polar surface area (TPSA) is 24.1 Å². The van der Waals surface area contributed by atoms with Crippen LogP contribution < -0.4 is 10.6 Å². The van der Waals surface area contributed by atoms with Crippen LogP contribution >= 0.6 is 35.6 Å². The summed E-state index contributed by atoms with van der Waals surface area (Å²) < 4.78 is 0. The van der Waals surface area contributed by atoms with Gasteiger partial charge in [-0.05, 0) is 23.8 Å². The molecule has 2 nitrogen and oxygen atoms in total. The van der Waals surface area contributed by atoms with E-state index in [2.05, 4.69) is 10.6 Å². The summed E-state index contributed by atoms with van der Waals surface area (Å²) in [5.74, 6) is 0. The summed E-state index contributed by atoms with van der Waals surface area (Å²) in [5.41, 5.74) is 1.08. The zero-order chi connectivity index (χ0) is 9.97. The molecule has 1 saturated heterocycles. The summed E-state index contributed by atoms with van der Waals surface area (Å²) in [5, 5.41) is 8.22. The van der Waals surface area contributed by atoms with Crippen LogP contribution in [0.1, 0.15) is 11.6 Å². The maximum Gasteiger partial charge on any atom is 0.0462 e. The summed E-state index contributed by atoms with van der Waals surface area (Å²) >= 11 is 12.0. The predicted molar refractivity (Wildman–Crippen MR) is 67.3 cm³/mol. The Labute approximate surface area is 106 Å². The molecule has 0 saturated carbocycles. The molecule has 1 aromatic rings. The van der Waals surface area contributed by atoms with Crippen LogP contribution in [-0.4, -0.2) is 19.6 Å². The van der Waals surface area contributed by atoms with Crippen molar-refractivity contribution in [3.05, 3.63) is 33.8 Å². The fourth-order valence-electron chi connectivity index (χ4n) is 1.65. The fourth-order valence-corrected chi connectivity index (χ4v) is 2.08. The van der Waals surface area contributed by atoms with Crippen LogP contribution in [0.15, 0.2) is 18.2 Å². The monoisotopic (exact) mass is 266 g/mol. The Morgan fingerprint density at radius 3 is 2.67 bits per heavy atom. The van der Waals surface area contributed by atoms with Gasteiger partial charge in [0.25, 0.3) is 0 Å². The van der Waals surface area contributed by atoms with E-state index in [1.807, 2.05) is 18.2 Å². The van der Waals surface area contributed by atoms with E-state index in [0.717, 1.165) is 35.2 Å². The second-order valence-electron chi connectivity index (χ2n) is 3.38. The third kappa shape index (κ3) is 3.23. The molecule has 0 unspecified atom stereocenters. The lowest BCUT2D eigenvalue weighted by Gasteiger charge is -2.25. The van der Waals surface area contributed by atoms with E-state index in [-0.39, 0.29) is 18.4 Å². The lowest BCUT2D eigenvalue weighted by Crippen LogP contribution is -2.42. The molecule has 0 aliphatic carbocycles. The van der Waals surface area contributed by atoms with Crippen LogP contribution in [0.3, 0.4) is 0 Å². The SMILES string of the molecule is Cl.Clc1ccc(Cl)c([C@@H]2CNCCN2)c1. The average molecular weight is 268 g/mol. The summed E-state index contributed by atoms with van der Waals surface area (Å²) in [6.07, 6.45) is 0. The minimum absolute atomic E-state index is 0. The van der Waals surface area contributed by atoms with Gasteiger partial charge < -0.3 is 10.6 Å². The maximum absolute atomic E-state index is 6.10. The maximum atomic E-state index is 6.10. The number of hydrogen-bond acceptors (Lipinski definition) is 2. The predicted octanol–water partition coefficient (Wildman–Crippen LogP) is 2.65. The van der Waals surface area contributed by atoms with Crippen LogP contribution in [0.25, 0.3) is 0 Å². The highest BCUT2D eigenvalue weighted by Crippen LogP contribution is 2.26. The Balaban J connectivity index is 0.00000112. The van der Waals surface area contributed by atoms with E-state index in [1.54, 1.807) is 0 Å². The van der Waals surface area contributed by atoms with Crippen LogP contribution in [0.4, 0.5) is 0 Å². The molecular formula is C10H13Cl3N2. The average Bonchev–Trinajstić information content (AvgIpc) is 2.23. The first-order valence-electron chi connectivity index (χ1n) is 4.66. The van der Waals surface area contributed by atoms with Crippen LogP contribution in [0, 0.1) is 0 Å². The Bertz CT molecular complexity index is 324. The second kappa shape index (κ2) is 5.92. The number of halogens is 3. The van der Waals surface area contributed by atoms with E-state index >= 15 is 0 Å². The van der Waals surface area contributed by atoms with Gasteiger partial charge in [-0.25, -0.2) is 0 Å². The summed E-state index contributed by atoms with van der Waals surface area (Å²) in [6, 6.07) is 5.85. The third-order valence-corrected chi connectivity index (χ3v) is 2.95. The molecule has 0 radical (unpaired) electrons. The van der Waals surface area contributed by atoms with Gasteiger partial charge >= 0.3 is 0 Å². The molecule has 1 aromatic carbocycles. The standard InChI is InChI=1S/C10H12Cl2N2.ClH/c11-7-1-2-9(12)8(5-7)10-6-13-3-4-14-10;/h1-2,5,10,13-14H,3-4,6H2;1H/t10-;/m0./s1. The van der Waals surface area contributed by atoms with Crippen molar-refractivity contribution in [1.82, 2.24) is 10.6 Å². The van der Waals surface area contributed by atoms with Gasteiger partial charge in [-0.2, -0.15) is 0 Å². The van der Waals surface area contributed by atoms with Crippen molar-refractivity contribution in [3.8, 4) is 0 Å². The number of benzene rings is 1. The van der Waals surface area contributed by atoms with Gasteiger partial charge in [0.2, 0.25) is 0 Å². The van der Waals surface area contributed by atoms with Crippen LogP contribution in [0.5, 0.6) is 0 Å². The van der Waals surface area contributed by atoms with Gasteiger partial charge in [0.05, 0.1) is 0 Å². The first-order chi connectivity index (χ1) is 6.77. The van der Waals surface area contributed by atoms with Gasteiger partial charge in [0.15, 0.2) is 0 Å². The molecule has 15 heavy (non-hydrogen) atoms. The number of nitrogens with one attached hydrogen (secondary N) is 2. The first-order valence-corrected chi connectivity index (χ1v) is 5.42. The molecular weight excluding hydrogens is 254 g/mol. The number of rotatable bonds is 1. The van der Waals surface area contributed by atoms with E-state index in [0.29, 0.717) is 0 Å². The Kier molecular flexibility index (Phi) is 5.16. The van der Waals surface area contributed by atoms with Gasteiger partial charge in [0, 0.05) is 35.7 Å². The molecule has 0 bridgehead atoms. The molecule has 0 spiro atoms. The minimum atomic E-state index is 0. The molecule has 0 aromatic heterocycles. The molecule has 84 valence electrons. The third-order valence-electron chi connectivity index (χ3n) is 2.37. The molecule has 0 amide bonds. The van der Waals surface area contributed by atoms with Crippen molar-refractivity contribution in [2.75, 3.05) is 19.6 Å². The normalized spacial score (nSPS) is 20.8. The molecule has 2 rings (SSSR count). The highest BCUT2D eigenvalue weighted by atomic mass is 35.5. The van der Waals surface area contributed by atoms with Crippen LogP contribution in [-0.2, 0) is 0 Å². The quantitative estimate of drug-likeness (QED) is 0.817. The Morgan fingerprint density at radius 1 is 1.20 bits per heavy atom. The molecule has 1 atom stereocenters. The molecule has 1 heterocycles. The highest BCUT2D eigenvalue weighted by Gasteiger charge is 2.16. The lowest BCUT2D eigenvalue weighted by atomic mass is 10.1. The first kappa shape index (κ1) is 13.1. The van der Waals surface area contributed by atoms with E-state index < -0.39 is 0 Å². The number of hydrogen-bond donors (Lipinski definition) is 2. The second-order valence-corrected chi connectivity index (χ2v) is 4.22. The van der Waals surface area contributed by atoms with E-state index in [9.17, 15) is 0 Å². The van der Waals surface area contributed by atoms with Crippen molar-refractivity contribution in [2.45, 2.75) is 6.04 Å². The van der Waals surface area contributed by atoms with Crippen molar-refractivity contribution >= 4 is 35.6 Å². The zero-order valence-electron chi connectivity index (χ0n) is 8.09. The smallest absolute Gasteiger partial charge is 0.0462 e. The molecule has 1 aliphatic rings. The fraction of sp³-hybridized carbons (Fsp3) is 0.400. The molecule has 1 aliphatic heterocycles. The minimum Gasteiger partial charge on any atom is -0.314 e. The Hall–Kier alpha value is 0.01000. The van der Waals surface area contributed by atoms with Crippen molar-refractivity contribution < 1.29 is 0 Å². The van der Waals surface area contributed by atoms with E-state index in [1.165, 1.54) is 0 Å². The van der Waals surface area contributed by atoms with Gasteiger partial charge in [0.1, 0.15) is 0 Å². The molecule has 1 fully saturated rings. The highest BCUT2D eigenvalue weighted by molar-refractivity contribution is 6.33. The van der Waals surface area contributed by atoms with Crippen LogP contribution in [0.2, 0.25) is 10.0 Å². The summed E-state index contributed by atoms with van der Waals surface area (Å²) in [4.78, 5) is 0. The van der Waals surface area contributed by atoms with Crippen molar-refractivity contribution in [2.24, 2.45) is 0 Å². The van der Waals surface area contributed by atoms with Gasteiger partial charge in [-0.1, -0.05) is 23.2 Å². The van der Waals surface area contributed by atoms with E-state index in [4.69, 9.17) is 23.2 Å².